The Hall–Kier alpha value is -3.91. The Labute approximate surface area is 182 Å². The van der Waals surface area contributed by atoms with Crippen molar-refractivity contribution in [1.82, 2.24) is 19.9 Å². The maximum atomic E-state index is 13.5. The molecule has 2 N–H and O–H groups in total. The highest BCUT2D eigenvalue weighted by molar-refractivity contribution is 7.17. The van der Waals surface area contributed by atoms with Gasteiger partial charge in [-0.15, -0.1) is 11.3 Å². The number of carbonyl (C=O) groups excluding carboxylic acids is 1. The molecule has 0 radical (unpaired) electrons. The van der Waals surface area contributed by atoms with E-state index < -0.39 is 0 Å². The number of anilines is 2. The van der Waals surface area contributed by atoms with Crippen molar-refractivity contribution in [3.8, 4) is 0 Å². The van der Waals surface area contributed by atoms with E-state index in [9.17, 15) is 4.79 Å². The number of aromatic nitrogens is 4. The van der Waals surface area contributed by atoms with Gasteiger partial charge in [0.2, 0.25) is 0 Å². The van der Waals surface area contributed by atoms with E-state index in [2.05, 4.69) is 19.9 Å². The van der Waals surface area contributed by atoms with Gasteiger partial charge in [-0.1, -0.05) is 12.1 Å². The SMILES string of the molecule is Cc1nc2ccc(CN(C(=O)c3cccnc3)c3cccc4ncsc34)cc2nc1N. The van der Waals surface area contributed by atoms with Crippen LogP contribution >= 0.6 is 11.3 Å². The predicted octanol–water partition coefficient (Wildman–Crippen LogP) is 4.37. The molecule has 8 heteroatoms. The fourth-order valence-electron chi connectivity index (χ4n) is 3.48. The molecule has 1 amide bonds. The highest BCUT2D eigenvalue weighted by Crippen LogP contribution is 2.32. The molecule has 0 aliphatic rings. The lowest BCUT2D eigenvalue weighted by molar-refractivity contribution is 0.0985. The summed E-state index contributed by atoms with van der Waals surface area (Å²) in [5.41, 5.74) is 13.0. The van der Waals surface area contributed by atoms with Gasteiger partial charge in [-0.05, 0) is 48.9 Å². The van der Waals surface area contributed by atoms with Gasteiger partial charge in [0, 0.05) is 12.4 Å². The Morgan fingerprint density at radius 3 is 2.81 bits per heavy atom. The van der Waals surface area contributed by atoms with Gasteiger partial charge in [0.25, 0.3) is 5.91 Å². The standard InChI is InChI=1S/C23H18N6OS/c1-14-22(24)28-19-10-15(7-8-17(19)27-14)12-29(23(30)16-4-3-9-25-11-16)20-6-2-5-18-21(20)31-13-26-18/h2-11,13H,12H2,1H3,(H2,24,28). The van der Waals surface area contributed by atoms with Crippen LogP contribution in [0.15, 0.2) is 66.4 Å². The maximum Gasteiger partial charge on any atom is 0.260 e. The quantitative estimate of drug-likeness (QED) is 0.458. The summed E-state index contributed by atoms with van der Waals surface area (Å²) in [5, 5.41) is 0. The average molecular weight is 427 g/mol. The molecule has 5 rings (SSSR count). The largest absolute Gasteiger partial charge is 0.382 e. The zero-order valence-electron chi connectivity index (χ0n) is 16.7. The summed E-state index contributed by atoms with van der Waals surface area (Å²) in [6.45, 7) is 2.19. The molecule has 3 aromatic heterocycles. The lowest BCUT2D eigenvalue weighted by Gasteiger charge is -2.23. The number of thiazole rings is 1. The lowest BCUT2D eigenvalue weighted by atomic mass is 10.1. The number of carbonyl (C=O) groups is 1. The molecule has 152 valence electrons. The number of nitrogens with two attached hydrogens (primary N) is 1. The second kappa shape index (κ2) is 7.73. The Morgan fingerprint density at radius 1 is 1.06 bits per heavy atom. The molecule has 2 aromatic carbocycles. The molecule has 0 atom stereocenters. The summed E-state index contributed by atoms with van der Waals surface area (Å²) in [5.74, 6) is 0.269. The van der Waals surface area contributed by atoms with Crippen molar-refractivity contribution < 1.29 is 4.79 Å². The molecule has 0 bridgehead atoms. The van der Waals surface area contributed by atoms with E-state index in [0.29, 0.717) is 29.1 Å². The summed E-state index contributed by atoms with van der Waals surface area (Å²) >= 11 is 1.51. The summed E-state index contributed by atoms with van der Waals surface area (Å²) in [4.78, 5) is 32.7. The number of nitrogens with zero attached hydrogens (tertiary/aromatic N) is 5. The highest BCUT2D eigenvalue weighted by atomic mass is 32.1. The number of aryl methyl sites for hydroxylation is 1. The van der Waals surface area contributed by atoms with Crippen molar-refractivity contribution in [3.05, 3.63) is 83.3 Å². The molecular formula is C23H18N6OS. The number of hydrogen-bond acceptors (Lipinski definition) is 7. The van der Waals surface area contributed by atoms with Crippen LogP contribution in [0.1, 0.15) is 21.6 Å². The molecule has 3 heterocycles. The molecule has 7 nitrogen and oxygen atoms in total. The van der Waals surface area contributed by atoms with Crippen molar-refractivity contribution in [2.45, 2.75) is 13.5 Å². The predicted molar refractivity (Wildman–Crippen MR) is 123 cm³/mol. The first-order valence-electron chi connectivity index (χ1n) is 9.67. The molecule has 31 heavy (non-hydrogen) atoms. The van der Waals surface area contributed by atoms with Crippen molar-refractivity contribution in [2.75, 3.05) is 10.6 Å². The second-order valence-corrected chi connectivity index (χ2v) is 7.98. The lowest BCUT2D eigenvalue weighted by Crippen LogP contribution is -2.30. The van der Waals surface area contributed by atoms with Crippen LogP contribution in [0.2, 0.25) is 0 Å². The Balaban J connectivity index is 1.61. The van der Waals surface area contributed by atoms with Gasteiger partial charge >= 0.3 is 0 Å². The van der Waals surface area contributed by atoms with Crippen LogP contribution in [-0.2, 0) is 6.54 Å². The second-order valence-electron chi connectivity index (χ2n) is 7.13. The van der Waals surface area contributed by atoms with Crippen LogP contribution in [0, 0.1) is 6.92 Å². The van der Waals surface area contributed by atoms with E-state index in [1.54, 1.807) is 34.9 Å². The van der Waals surface area contributed by atoms with Crippen LogP contribution in [0.5, 0.6) is 0 Å². The zero-order valence-corrected chi connectivity index (χ0v) is 17.5. The zero-order chi connectivity index (χ0) is 21.4. The van der Waals surface area contributed by atoms with Gasteiger partial charge in [-0.25, -0.2) is 15.0 Å². The molecular weight excluding hydrogens is 408 g/mol. The van der Waals surface area contributed by atoms with Crippen molar-refractivity contribution in [3.63, 3.8) is 0 Å². The Bertz CT molecular complexity index is 1420. The van der Waals surface area contributed by atoms with E-state index in [1.807, 2.05) is 43.3 Å². The van der Waals surface area contributed by atoms with Gasteiger partial charge in [-0.2, -0.15) is 0 Å². The minimum atomic E-state index is -0.136. The summed E-state index contributed by atoms with van der Waals surface area (Å²) in [7, 11) is 0. The first-order valence-corrected chi connectivity index (χ1v) is 10.5. The van der Waals surface area contributed by atoms with Crippen molar-refractivity contribution in [2.24, 2.45) is 0 Å². The number of pyridine rings is 1. The van der Waals surface area contributed by atoms with Gasteiger partial charge in [0.1, 0.15) is 5.82 Å². The van der Waals surface area contributed by atoms with E-state index in [4.69, 9.17) is 5.73 Å². The molecule has 0 unspecified atom stereocenters. The number of rotatable bonds is 4. The fraction of sp³-hybridized carbons (Fsp3) is 0.0870. The number of nitrogen functional groups attached to an aromatic ring is 1. The Kier molecular flexibility index (Phi) is 4.76. The van der Waals surface area contributed by atoms with Crippen molar-refractivity contribution in [1.29, 1.82) is 0 Å². The van der Waals surface area contributed by atoms with E-state index in [0.717, 1.165) is 27.0 Å². The molecule has 0 fully saturated rings. The van der Waals surface area contributed by atoms with E-state index in [-0.39, 0.29) is 5.91 Å². The minimum Gasteiger partial charge on any atom is -0.382 e. The van der Waals surface area contributed by atoms with E-state index in [1.165, 1.54) is 11.3 Å². The van der Waals surface area contributed by atoms with Gasteiger partial charge in [0.15, 0.2) is 0 Å². The van der Waals surface area contributed by atoms with Gasteiger partial charge < -0.3 is 10.6 Å². The minimum absolute atomic E-state index is 0.136. The molecule has 0 aliphatic heterocycles. The van der Waals surface area contributed by atoms with Gasteiger partial charge in [0.05, 0.1) is 50.3 Å². The number of benzene rings is 2. The normalized spacial score (nSPS) is 11.1. The summed E-state index contributed by atoms with van der Waals surface area (Å²) in [6, 6.07) is 15.1. The average Bonchev–Trinajstić information content (AvgIpc) is 3.28. The number of fused-ring (bicyclic) bond motifs is 2. The third-order valence-corrected chi connectivity index (χ3v) is 5.93. The number of hydrogen-bond donors (Lipinski definition) is 1. The third-order valence-electron chi connectivity index (χ3n) is 5.06. The highest BCUT2D eigenvalue weighted by Gasteiger charge is 2.21. The Morgan fingerprint density at radius 2 is 1.97 bits per heavy atom. The first kappa shape index (κ1) is 19.1. The van der Waals surface area contributed by atoms with Crippen LogP contribution in [0.4, 0.5) is 11.5 Å². The van der Waals surface area contributed by atoms with Crippen LogP contribution < -0.4 is 10.6 Å². The number of amides is 1. The third kappa shape index (κ3) is 3.57. The van der Waals surface area contributed by atoms with Crippen LogP contribution in [0.3, 0.4) is 0 Å². The van der Waals surface area contributed by atoms with Crippen LogP contribution in [-0.4, -0.2) is 25.8 Å². The van der Waals surface area contributed by atoms with Crippen LogP contribution in [0.25, 0.3) is 21.3 Å². The topological polar surface area (TPSA) is 97.9 Å². The molecule has 5 aromatic rings. The summed E-state index contributed by atoms with van der Waals surface area (Å²) < 4.78 is 0.959. The molecule has 0 saturated heterocycles. The monoisotopic (exact) mass is 426 g/mol. The molecule has 0 aliphatic carbocycles. The smallest absolute Gasteiger partial charge is 0.260 e. The first-order chi connectivity index (χ1) is 15.1. The maximum absolute atomic E-state index is 13.5. The van der Waals surface area contributed by atoms with E-state index >= 15 is 0 Å². The molecule has 0 saturated carbocycles. The summed E-state index contributed by atoms with van der Waals surface area (Å²) in [6.07, 6.45) is 3.23. The molecule has 0 spiro atoms. The van der Waals surface area contributed by atoms with Gasteiger partial charge in [-0.3, -0.25) is 9.78 Å². The fourth-order valence-corrected chi connectivity index (χ4v) is 4.29. The van der Waals surface area contributed by atoms with Crippen molar-refractivity contribution >= 4 is 50.0 Å².